The van der Waals surface area contributed by atoms with Crippen molar-refractivity contribution >= 4 is 23.1 Å². The zero-order valence-corrected chi connectivity index (χ0v) is 19.7. The lowest BCUT2D eigenvalue weighted by Gasteiger charge is -2.16. The van der Waals surface area contributed by atoms with Gasteiger partial charge >= 0.3 is 0 Å². The van der Waals surface area contributed by atoms with Gasteiger partial charge < -0.3 is 19.5 Å². The number of hydrogen-bond donors (Lipinski definition) is 1. The molecule has 2 aromatic rings. The molecule has 1 heterocycles. The van der Waals surface area contributed by atoms with Gasteiger partial charge in [-0.3, -0.25) is 14.5 Å². The third-order valence-electron chi connectivity index (χ3n) is 5.13. The van der Waals surface area contributed by atoms with E-state index in [0.29, 0.717) is 42.2 Å². The molecule has 3 rings (SSSR count). The highest BCUT2D eigenvalue weighted by atomic mass is 16.5. The molecule has 2 aromatic carbocycles. The quantitative estimate of drug-likeness (QED) is 0.378. The minimum absolute atomic E-state index is 0.0971. The first-order valence-electron chi connectivity index (χ1n) is 11.3. The average molecular weight is 453 g/mol. The van der Waals surface area contributed by atoms with Gasteiger partial charge in [-0.2, -0.15) is 0 Å². The van der Waals surface area contributed by atoms with Crippen molar-refractivity contribution in [3.8, 4) is 11.5 Å². The second kappa shape index (κ2) is 11.5. The molecule has 0 atom stereocenters. The van der Waals surface area contributed by atoms with Gasteiger partial charge in [0.25, 0.3) is 11.8 Å². The van der Waals surface area contributed by atoms with Crippen LogP contribution < -0.4 is 14.8 Å². The fourth-order valence-electron chi connectivity index (χ4n) is 3.52. The summed E-state index contributed by atoms with van der Waals surface area (Å²) in [5, 5.41) is 3.16. The molecule has 0 radical (unpaired) electrons. The maximum Gasteiger partial charge on any atom is 0.278 e. The zero-order valence-electron chi connectivity index (χ0n) is 19.7. The molecule has 0 spiro atoms. The van der Waals surface area contributed by atoms with Gasteiger partial charge in [-0.15, -0.1) is 0 Å². The van der Waals surface area contributed by atoms with Gasteiger partial charge in [-0.05, 0) is 56.5 Å². The fraction of sp³-hybridized carbons (Fsp3) is 0.385. The summed E-state index contributed by atoms with van der Waals surface area (Å²) in [7, 11) is 1.56. The van der Waals surface area contributed by atoms with Gasteiger partial charge in [0.1, 0.15) is 17.2 Å². The number of anilines is 1. The Kier molecular flexibility index (Phi) is 8.49. The summed E-state index contributed by atoms with van der Waals surface area (Å²) in [4.78, 5) is 28.0. The molecule has 0 aromatic heterocycles. The van der Waals surface area contributed by atoms with E-state index in [1.807, 2.05) is 51.1 Å². The highest BCUT2D eigenvalue weighted by Crippen LogP contribution is 2.34. The lowest BCUT2D eigenvalue weighted by Crippen LogP contribution is -2.34. The number of ether oxygens (including phenoxy) is 3. The Labute approximate surface area is 195 Å². The van der Waals surface area contributed by atoms with E-state index in [4.69, 9.17) is 14.2 Å². The predicted octanol–water partition coefficient (Wildman–Crippen LogP) is 4.49. The molecule has 0 saturated heterocycles. The summed E-state index contributed by atoms with van der Waals surface area (Å²) in [6, 6.07) is 14.5. The molecule has 0 saturated carbocycles. The largest absolute Gasteiger partial charge is 0.495 e. The minimum atomic E-state index is -0.364. The smallest absolute Gasteiger partial charge is 0.278 e. The Morgan fingerprint density at radius 1 is 0.970 bits per heavy atom. The summed E-state index contributed by atoms with van der Waals surface area (Å²) >= 11 is 0. The molecular weight excluding hydrogens is 420 g/mol. The van der Waals surface area contributed by atoms with Crippen LogP contribution in [0.3, 0.4) is 0 Å². The van der Waals surface area contributed by atoms with Crippen molar-refractivity contribution in [2.24, 2.45) is 0 Å². The molecule has 1 aliphatic rings. The zero-order chi connectivity index (χ0) is 23.8. The standard InChI is InChI=1S/C26H32N2O5/c1-5-16-33-20-13-11-19(12-14-20)23-24(27-21-9-6-7-10-22(21)31-4)26(30)28(25(23)29)15-8-17-32-18(2)3/h6-7,9-14,18,27H,5,8,15-17H2,1-4H3. The van der Waals surface area contributed by atoms with Gasteiger partial charge in [0.15, 0.2) is 0 Å². The Morgan fingerprint density at radius 2 is 1.70 bits per heavy atom. The summed E-state index contributed by atoms with van der Waals surface area (Å²) < 4.78 is 16.6. The normalized spacial score (nSPS) is 13.8. The third-order valence-corrected chi connectivity index (χ3v) is 5.13. The van der Waals surface area contributed by atoms with E-state index in [1.165, 1.54) is 4.90 Å². The van der Waals surface area contributed by atoms with E-state index in [9.17, 15) is 9.59 Å². The summed E-state index contributed by atoms with van der Waals surface area (Å²) in [5.74, 6) is 0.609. The van der Waals surface area contributed by atoms with Crippen molar-refractivity contribution in [1.29, 1.82) is 0 Å². The number of carbonyl (C=O) groups is 2. The Hall–Kier alpha value is -3.32. The molecule has 0 aliphatic carbocycles. The van der Waals surface area contributed by atoms with Crippen molar-refractivity contribution in [3.63, 3.8) is 0 Å². The second-order valence-corrected chi connectivity index (χ2v) is 7.98. The SMILES string of the molecule is CCCOc1ccc(C2=C(Nc3ccccc3OC)C(=O)N(CCCOC(C)C)C2=O)cc1. The van der Waals surface area contributed by atoms with Crippen molar-refractivity contribution in [2.45, 2.75) is 39.7 Å². The minimum Gasteiger partial charge on any atom is -0.495 e. The van der Waals surface area contributed by atoms with Gasteiger partial charge in [0.05, 0.1) is 31.1 Å². The molecule has 2 amide bonds. The highest BCUT2D eigenvalue weighted by Gasteiger charge is 2.39. The van der Waals surface area contributed by atoms with Crippen LogP contribution in [0.5, 0.6) is 11.5 Å². The number of amides is 2. The molecule has 7 heteroatoms. The second-order valence-electron chi connectivity index (χ2n) is 7.98. The molecule has 33 heavy (non-hydrogen) atoms. The lowest BCUT2D eigenvalue weighted by molar-refractivity contribution is -0.137. The van der Waals surface area contributed by atoms with Crippen LogP contribution in [0.4, 0.5) is 5.69 Å². The average Bonchev–Trinajstić information content (AvgIpc) is 3.05. The van der Waals surface area contributed by atoms with Crippen LogP contribution in [0.25, 0.3) is 5.57 Å². The fourth-order valence-corrected chi connectivity index (χ4v) is 3.52. The molecule has 7 nitrogen and oxygen atoms in total. The third kappa shape index (κ3) is 5.93. The van der Waals surface area contributed by atoms with E-state index in [0.717, 1.165) is 12.2 Å². The van der Waals surface area contributed by atoms with Crippen LogP contribution in [-0.2, 0) is 14.3 Å². The number of para-hydroxylation sites is 2. The highest BCUT2D eigenvalue weighted by molar-refractivity contribution is 6.36. The summed E-state index contributed by atoms with van der Waals surface area (Å²) in [5.41, 5.74) is 1.83. The summed E-state index contributed by atoms with van der Waals surface area (Å²) in [6.07, 6.45) is 1.57. The molecule has 0 bridgehead atoms. The Morgan fingerprint density at radius 3 is 2.36 bits per heavy atom. The molecule has 1 aliphatic heterocycles. The van der Waals surface area contributed by atoms with Crippen LogP contribution in [0.2, 0.25) is 0 Å². The van der Waals surface area contributed by atoms with E-state index in [1.54, 1.807) is 25.3 Å². The van der Waals surface area contributed by atoms with E-state index in [-0.39, 0.29) is 30.2 Å². The number of methoxy groups -OCH3 is 1. The Balaban J connectivity index is 1.91. The number of imide groups is 1. The van der Waals surface area contributed by atoms with Gasteiger partial charge in [-0.25, -0.2) is 0 Å². The number of hydrogen-bond acceptors (Lipinski definition) is 6. The van der Waals surface area contributed by atoms with E-state index >= 15 is 0 Å². The summed E-state index contributed by atoms with van der Waals surface area (Å²) in [6.45, 7) is 7.32. The maximum absolute atomic E-state index is 13.4. The molecular formula is C26H32N2O5. The number of nitrogens with one attached hydrogen (secondary N) is 1. The van der Waals surface area contributed by atoms with Crippen LogP contribution in [0, 0.1) is 0 Å². The van der Waals surface area contributed by atoms with Crippen LogP contribution in [0.15, 0.2) is 54.2 Å². The van der Waals surface area contributed by atoms with Gasteiger partial charge in [0, 0.05) is 13.2 Å². The topological polar surface area (TPSA) is 77.1 Å². The van der Waals surface area contributed by atoms with Gasteiger partial charge in [0.2, 0.25) is 0 Å². The van der Waals surface area contributed by atoms with Gasteiger partial charge in [-0.1, -0.05) is 31.2 Å². The van der Waals surface area contributed by atoms with E-state index < -0.39 is 0 Å². The first kappa shape index (κ1) is 24.3. The number of rotatable bonds is 12. The monoisotopic (exact) mass is 452 g/mol. The van der Waals surface area contributed by atoms with Crippen molar-refractivity contribution in [1.82, 2.24) is 4.90 Å². The molecule has 1 N–H and O–H groups in total. The van der Waals surface area contributed by atoms with Crippen LogP contribution >= 0.6 is 0 Å². The van der Waals surface area contributed by atoms with Crippen molar-refractivity contribution in [3.05, 3.63) is 59.8 Å². The van der Waals surface area contributed by atoms with Crippen molar-refractivity contribution < 1.29 is 23.8 Å². The molecule has 0 unspecified atom stereocenters. The maximum atomic E-state index is 13.4. The lowest BCUT2D eigenvalue weighted by atomic mass is 10.0. The number of nitrogens with zero attached hydrogens (tertiary/aromatic N) is 1. The van der Waals surface area contributed by atoms with Crippen LogP contribution in [-0.4, -0.2) is 49.7 Å². The molecule has 176 valence electrons. The van der Waals surface area contributed by atoms with E-state index in [2.05, 4.69) is 5.32 Å². The Bertz CT molecular complexity index is 998. The van der Waals surface area contributed by atoms with Crippen LogP contribution in [0.1, 0.15) is 39.2 Å². The first-order valence-corrected chi connectivity index (χ1v) is 11.3. The predicted molar refractivity (Wildman–Crippen MR) is 128 cm³/mol. The molecule has 0 fully saturated rings. The first-order chi connectivity index (χ1) is 16.0. The number of benzene rings is 2. The number of carbonyl (C=O) groups excluding carboxylic acids is 2. The van der Waals surface area contributed by atoms with Crippen molar-refractivity contribution in [2.75, 3.05) is 32.2 Å².